The van der Waals surface area contributed by atoms with Crippen molar-refractivity contribution in [2.24, 2.45) is 0 Å². The molecule has 3 rings (SSSR count). The molecule has 2 amide bonds. The van der Waals surface area contributed by atoms with E-state index < -0.39 is 0 Å². The molecule has 0 radical (unpaired) electrons. The van der Waals surface area contributed by atoms with Crippen LogP contribution < -0.4 is 5.32 Å². The molecule has 0 aliphatic rings. The highest BCUT2D eigenvalue weighted by Crippen LogP contribution is 2.35. The normalized spacial score (nSPS) is 10.5. The fourth-order valence-corrected chi connectivity index (χ4v) is 3.75. The summed E-state index contributed by atoms with van der Waals surface area (Å²) in [5.41, 5.74) is 3.97. The van der Waals surface area contributed by atoms with Crippen LogP contribution in [0.5, 0.6) is 0 Å². The van der Waals surface area contributed by atoms with Crippen molar-refractivity contribution in [2.45, 2.75) is 13.3 Å². The van der Waals surface area contributed by atoms with Crippen molar-refractivity contribution in [1.82, 2.24) is 15.2 Å². The molecular formula is C22H23N3O2S. The van der Waals surface area contributed by atoms with Crippen LogP contribution in [0.4, 0.5) is 0 Å². The van der Waals surface area contributed by atoms with Crippen molar-refractivity contribution < 1.29 is 9.59 Å². The van der Waals surface area contributed by atoms with Crippen LogP contribution in [0.2, 0.25) is 0 Å². The van der Waals surface area contributed by atoms with E-state index in [4.69, 9.17) is 4.98 Å². The van der Waals surface area contributed by atoms with Gasteiger partial charge in [0.1, 0.15) is 5.01 Å². The molecule has 2 aromatic carbocycles. The molecule has 0 unspecified atom stereocenters. The van der Waals surface area contributed by atoms with Crippen molar-refractivity contribution in [3.05, 3.63) is 65.9 Å². The largest absolute Gasteiger partial charge is 0.347 e. The third-order valence-corrected chi connectivity index (χ3v) is 5.49. The van der Waals surface area contributed by atoms with Gasteiger partial charge < -0.3 is 10.2 Å². The average Bonchev–Trinajstić information content (AvgIpc) is 3.11. The predicted molar refractivity (Wildman–Crippen MR) is 113 cm³/mol. The summed E-state index contributed by atoms with van der Waals surface area (Å²) in [5.74, 6) is -0.358. The first-order valence-electron chi connectivity index (χ1n) is 9.03. The average molecular weight is 394 g/mol. The number of carbonyl (C=O) groups is 2. The molecule has 0 bridgehead atoms. The minimum atomic E-state index is -0.214. The van der Waals surface area contributed by atoms with Gasteiger partial charge in [0.15, 0.2) is 0 Å². The van der Waals surface area contributed by atoms with Gasteiger partial charge >= 0.3 is 0 Å². The van der Waals surface area contributed by atoms with Crippen molar-refractivity contribution in [1.29, 1.82) is 0 Å². The van der Waals surface area contributed by atoms with Crippen molar-refractivity contribution >= 4 is 23.2 Å². The van der Waals surface area contributed by atoms with Crippen LogP contribution in [-0.2, 0) is 16.0 Å². The van der Waals surface area contributed by atoms with E-state index in [2.05, 4.69) is 29.6 Å². The number of carbonyl (C=O) groups excluding carboxylic acids is 2. The molecule has 1 N–H and O–H groups in total. The Morgan fingerprint density at radius 1 is 1.00 bits per heavy atom. The van der Waals surface area contributed by atoms with E-state index in [0.29, 0.717) is 0 Å². The fourth-order valence-electron chi connectivity index (χ4n) is 2.65. The second-order valence-electron chi connectivity index (χ2n) is 6.77. The molecule has 0 saturated carbocycles. The molecule has 5 nitrogen and oxygen atoms in total. The second kappa shape index (κ2) is 8.80. The third kappa shape index (κ3) is 4.84. The van der Waals surface area contributed by atoms with Crippen LogP contribution in [0.3, 0.4) is 0 Å². The number of rotatable bonds is 6. The number of nitrogens with one attached hydrogen (secondary N) is 1. The van der Waals surface area contributed by atoms with Gasteiger partial charge in [0.25, 0.3) is 0 Å². The zero-order valence-corrected chi connectivity index (χ0v) is 17.0. The molecule has 1 heterocycles. The first-order valence-corrected chi connectivity index (χ1v) is 9.84. The molecule has 0 atom stereocenters. The number of nitrogens with zero attached hydrogens (tertiary/aromatic N) is 2. The Hall–Kier alpha value is -2.99. The molecule has 0 fully saturated rings. The number of thiazole rings is 1. The van der Waals surface area contributed by atoms with Gasteiger partial charge in [-0.05, 0) is 12.5 Å². The van der Waals surface area contributed by atoms with Gasteiger partial charge in [-0.25, -0.2) is 4.98 Å². The van der Waals surface area contributed by atoms with Crippen molar-refractivity contribution in [3.8, 4) is 21.0 Å². The van der Waals surface area contributed by atoms with E-state index in [0.717, 1.165) is 26.7 Å². The zero-order valence-electron chi connectivity index (χ0n) is 16.2. The van der Waals surface area contributed by atoms with E-state index in [1.165, 1.54) is 10.5 Å². The molecule has 6 heteroatoms. The van der Waals surface area contributed by atoms with Crippen LogP contribution in [0.25, 0.3) is 21.0 Å². The standard InChI is InChI=1S/C22H23N3O2S/c1-15-9-11-16(12-10-15)21-18(13-19(26)23-14-20(27)25(2)3)24-22(28-21)17-7-5-4-6-8-17/h4-12H,13-14H2,1-3H3,(H,23,26). The Balaban J connectivity index is 1.87. The number of hydrogen-bond acceptors (Lipinski definition) is 4. The summed E-state index contributed by atoms with van der Waals surface area (Å²) in [6, 6.07) is 18.1. The number of aromatic nitrogens is 1. The van der Waals surface area contributed by atoms with E-state index >= 15 is 0 Å². The Morgan fingerprint density at radius 3 is 2.32 bits per heavy atom. The SMILES string of the molecule is Cc1ccc(-c2sc(-c3ccccc3)nc2CC(=O)NCC(=O)N(C)C)cc1. The van der Waals surface area contributed by atoms with E-state index in [1.54, 1.807) is 25.4 Å². The highest BCUT2D eigenvalue weighted by atomic mass is 32.1. The summed E-state index contributed by atoms with van der Waals surface area (Å²) in [7, 11) is 3.33. The van der Waals surface area contributed by atoms with Gasteiger partial charge in [-0.3, -0.25) is 9.59 Å². The third-order valence-electron chi connectivity index (χ3n) is 4.30. The lowest BCUT2D eigenvalue weighted by molar-refractivity contribution is -0.130. The summed E-state index contributed by atoms with van der Waals surface area (Å²) in [6.07, 6.45) is 0.132. The molecular weight excluding hydrogens is 370 g/mol. The van der Waals surface area contributed by atoms with Gasteiger partial charge in [-0.15, -0.1) is 11.3 Å². The maximum Gasteiger partial charge on any atom is 0.241 e. The highest BCUT2D eigenvalue weighted by molar-refractivity contribution is 7.18. The number of hydrogen-bond donors (Lipinski definition) is 1. The maximum absolute atomic E-state index is 12.4. The smallest absolute Gasteiger partial charge is 0.241 e. The summed E-state index contributed by atoms with van der Waals surface area (Å²) in [6.45, 7) is 2.03. The van der Waals surface area contributed by atoms with E-state index in [9.17, 15) is 9.59 Å². The summed E-state index contributed by atoms with van der Waals surface area (Å²) < 4.78 is 0. The van der Waals surface area contributed by atoms with Gasteiger partial charge in [-0.1, -0.05) is 60.2 Å². The molecule has 144 valence electrons. The molecule has 0 aliphatic carbocycles. The van der Waals surface area contributed by atoms with Gasteiger partial charge in [0.05, 0.1) is 23.5 Å². The van der Waals surface area contributed by atoms with Crippen LogP contribution in [0.1, 0.15) is 11.3 Å². The Kier molecular flexibility index (Phi) is 6.21. The number of amides is 2. The first-order chi connectivity index (χ1) is 13.4. The first kappa shape index (κ1) is 19.8. The monoisotopic (exact) mass is 393 g/mol. The minimum absolute atomic E-state index is 0.0125. The van der Waals surface area contributed by atoms with Gasteiger partial charge in [0, 0.05) is 19.7 Å². The topological polar surface area (TPSA) is 62.3 Å². The zero-order chi connectivity index (χ0) is 20.1. The predicted octanol–water partition coefficient (Wildman–Crippen LogP) is 3.53. The van der Waals surface area contributed by atoms with E-state index in [-0.39, 0.29) is 24.8 Å². The summed E-state index contributed by atoms with van der Waals surface area (Å²) in [5, 5.41) is 3.56. The lowest BCUT2D eigenvalue weighted by atomic mass is 10.1. The quantitative estimate of drug-likeness (QED) is 0.697. The van der Waals surface area contributed by atoms with Crippen molar-refractivity contribution in [3.63, 3.8) is 0 Å². The maximum atomic E-state index is 12.4. The van der Waals surface area contributed by atoms with E-state index in [1.807, 2.05) is 37.3 Å². The lowest BCUT2D eigenvalue weighted by Crippen LogP contribution is -2.36. The van der Waals surface area contributed by atoms with Gasteiger partial charge in [0.2, 0.25) is 11.8 Å². The van der Waals surface area contributed by atoms with Crippen LogP contribution in [0, 0.1) is 6.92 Å². The lowest BCUT2D eigenvalue weighted by Gasteiger charge is -2.10. The number of likely N-dealkylation sites (N-methyl/N-ethyl adjacent to an activating group) is 1. The second-order valence-corrected chi connectivity index (χ2v) is 7.77. The molecule has 28 heavy (non-hydrogen) atoms. The Morgan fingerprint density at radius 2 is 1.68 bits per heavy atom. The molecule has 0 spiro atoms. The molecule has 3 aromatic rings. The number of aryl methyl sites for hydroxylation is 1. The Bertz CT molecular complexity index is 963. The highest BCUT2D eigenvalue weighted by Gasteiger charge is 2.17. The van der Waals surface area contributed by atoms with Gasteiger partial charge in [-0.2, -0.15) is 0 Å². The Labute approximate surface area is 169 Å². The summed E-state index contributed by atoms with van der Waals surface area (Å²) in [4.78, 5) is 31.3. The van der Waals surface area contributed by atoms with Crippen LogP contribution in [0.15, 0.2) is 54.6 Å². The molecule has 0 aliphatic heterocycles. The summed E-state index contributed by atoms with van der Waals surface area (Å²) >= 11 is 1.58. The molecule has 0 saturated heterocycles. The van der Waals surface area contributed by atoms with Crippen LogP contribution >= 0.6 is 11.3 Å². The minimum Gasteiger partial charge on any atom is -0.347 e. The van der Waals surface area contributed by atoms with Crippen LogP contribution in [-0.4, -0.2) is 42.3 Å². The molecule has 1 aromatic heterocycles. The van der Waals surface area contributed by atoms with Crippen molar-refractivity contribution in [2.75, 3.05) is 20.6 Å². The fraction of sp³-hybridized carbons (Fsp3) is 0.227. The number of benzene rings is 2.